The van der Waals surface area contributed by atoms with Gasteiger partial charge in [0.25, 0.3) is 0 Å². The largest absolute Gasteiger partial charge is 0.508 e. The topological polar surface area (TPSA) is 52.6 Å². The molecule has 140 valence electrons. The molecule has 0 aliphatic heterocycles. The van der Waals surface area contributed by atoms with Crippen molar-refractivity contribution in [3.8, 4) is 0 Å². The Morgan fingerprint density at radius 2 is 1.52 bits per heavy atom. The van der Waals surface area contributed by atoms with Crippen LogP contribution in [0.3, 0.4) is 0 Å². The van der Waals surface area contributed by atoms with Gasteiger partial charge >= 0.3 is 0 Å². The van der Waals surface area contributed by atoms with E-state index in [1.165, 1.54) is 23.8 Å². The molecule has 2 N–H and O–H groups in total. The number of carbonyl (C=O) groups excluding carboxylic acids is 1. The van der Waals surface area contributed by atoms with Crippen LogP contribution >= 0.6 is 0 Å². The number of rotatable bonds is 8. The highest BCUT2D eigenvalue weighted by Crippen LogP contribution is 2.13. The summed E-state index contributed by atoms with van der Waals surface area (Å²) in [5.41, 5.74) is 4.17. The number of aliphatic hydroxyl groups is 1. The smallest absolute Gasteiger partial charge is 0.182 e. The first-order chi connectivity index (χ1) is 13.0. The van der Waals surface area contributed by atoms with E-state index in [1.807, 2.05) is 74.6 Å². The molecule has 2 aromatic rings. The van der Waals surface area contributed by atoms with Crippen LogP contribution in [0.15, 0.2) is 72.5 Å². The van der Waals surface area contributed by atoms with Crippen LogP contribution in [0, 0.1) is 0 Å². The van der Waals surface area contributed by atoms with Crippen molar-refractivity contribution in [2.24, 2.45) is 0 Å². The van der Waals surface area contributed by atoms with Gasteiger partial charge in [-0.2, -0.15) is 0 Å². The van der Waals surface area contributed by atoms with Gasteiger partial charge < -0.3 is 15.3 Å². The summed E-state index contributed by atoms with van der Waals surface area (Å²) in [6.07, 6.45) is 7.67. The molecule has 0 bridgehead atoms. The van der Waals surface area contributed by atoms with Crippen molar-refractivity contribution in [1.29, 1.82) is 0 Å². The third-order valence-corrected chi connectivity index (χ3v) is 3.95. The van der Waals surface area contributed by atoms with Crippen molar-refractivity contribution in [3.05, 3.63) is 89.2 Å². The van der Waals surface area contributed by atoms with E-state index in [4.69, 9.17) is 0 Å². The summed E-state index contributed by atoms with van der Waals surface area (Å²) in [7, 11) is 5.86. The van der Waals surface area contributed by atoms with E-state index >= 15 is 0 Å². The van der Waals surface area contributed by atoms with Crippen molar-refractivity contribution in [2.45, 2.75) is 6.54 Å². The summed E-state index contributed by atoms with van der Waals surface area (Å²) in [5.74, 6) is -0.342. The van der Waals surface area contributed by atoms with Gasteiger partial charge in [0.2, 0.25) is 0 Å². The molecule has 0 aliphatic carbocycles. The Kier molecular flexibility index (Phi) is 7.59. The van der Waals surface area contributed by atoms with Crippen LogP contribution in [-0.4, -0.2) is 32.0 Å². The van der Waals surface area contributed by atoms with Gasteiger partial charge in [0.1, 0.15) is 5.76 Å². The molecule has 0 saturated carbocycles. The zero-order valence-electron chi connectivity index (χ0n) is 16.0. The van der Waals surface area contributed by atoms with E-state index in [2.05, 4.69) is 5.32 Å². The molecular weight excluding hydrogens is 336 g/mol. The maximum absolute atomic E-state index is 12.0. The lowest BCUT2D eigenvalue weighted by molar-refractivity contribution is -0.110. The van der Waals surface area contributed by atoms with E-state index in [1.54, 1.807) is 12.2 Å². The lowest BCUT2D eigenvalue weighted by Gasteiger charge is -2.11. The van der Waals surface area contributed by atoms with E-state index < -0.39 is 0 Å². The van der Waals surface area contributed by atoms with Gasteiger partial charge in [-0.25, -0.2) is 0 Å². The summed E-state index contributed by atoms with van der Waals surface area (Å²) >= 11 is 0. The minimum Gasteiger partial charge on any atom is -0.508 e. The van der Waals surface area contributed by atoms with E-state index in [0.29, 0.717) is 0 Å². The minimum absolute atomic E-state index is 0.0781. The molecule has 0 saturated heterocycles. The Bertz CT molecular complexity index is 830. The predicted octanol–water partition coefficient (Wildman–Crippen LogP) is 4.21. The van der Waals surface area contributed by atoms with Crippen LogP contribution in [-0.2, 0) is 11.3 Å². The number of ketones is 1. The van der Waals surface area contributed by atoms with Crippen LogP contribution < -0.4 is 10.2 Å². The van der Waals surface area contributed by atoms with Gasteiger partial charge in [-0.15, -0.1) is 0 Å². The second-order valence-electron chi connectivity index (χ2n) is 6.40. The number of anilines is 1. The fourth-order valence-electron chi connectivity index (χ4n) is 2.44. The van der Waals surface area contributed by atoms with Crippen molar-refractivity contribution in [3.63, 3.8) is 0 Å². The predicted molar refractivity (Wildman–Crippen MR) is 114 cm³/mol. The number of hydrogen-bond acceptors (Lipinski definition) is 4. The van der Waals surface area contributed by atoms with Crippen molar-refractivity contribution < 1.29 is 9.90 Å². The molecule has 0 aliphatic rings. The number of hydrogen-bond donors (Lipinski definition) is 2. The molecule has 2 aromatic carbocycles. The molecule has 27 heavy (non-hydrogen) atoms. The van der Waals surface area contributed by atoms with Gasteiger partial charge in [0, 0.05) is 32.4 Å². The third kappa shape index (κ3) is 6.96. The van der Waals surface area contributed by atoms with Gasteiger partial charge in [0.15, 0.2) is 5.78 Å². The highest BCUT2D eigenvalue weighted by molar-refractivity contribution is 6.02. The molecule has 0 fully saturated rings. The summed E-state index contributed by atoms with van der Waals surface area (Å²) in [4.78, 5) is 14.0. The van der Waals surface area contributed by atoms with Gasteiger partial charge in [0.05, 0.1) is 0 Å². The molecule has 0 unspecified atom stereocenters. The summed E-state index contributed by atoms with van der Waals surface area (Å²) < 4.78 is 0. The average molecular weight is 362 g/mol. The summed E-state index contributed by atoms with van der Waals surface area (Å²) in [5, 5.41) is 13.0. The normalized spacial score (nSPS) is 12.0. The molecule has 0 spiro atoms. The molecule has 0 atom stereocenters. The summed E-state index contributed by atoms with van der Waals surface area (Å²) in [6.45, 7) is 0.809. The number of aliphatic hydroxyl groups excluding tert-OH is 1. The van der Waals surface area contributed by atoms with Crippen LogP contribution in [0.5, 0.6) is 0 Å². The Balaban J connectivity index is 1.94. The first-order valence-electron chi connectivity index (χ1n) is 8.79. The van der Waals surface area contributed by atoms with Crippen LogP contribution in [0.4, 0.5) is 5.69 Å². The third-order valence-electron chi connectivity index (χ3n) is 3.95. The SMILES string of the molecule is CNCc1ccc(/C=C/C(=O)/C=C(O)/C=C/c2ccc(N(C)C)cc2)cc1. The van der Waals surface area contributed by atoms with E-state index in [0.717, 1.165) is 23.4 Å². The molecular formula is C23H26N2O2. The molecule has 0 heterocycles. The number of allylic oxidation sites excluding steroid dienone is 3. The number of benzene rings is 2. The first kappa shape index (κ1) is 20.2. The van der Waals surface area contributed by atoms with Crippen molar-refractivity contribution in [2.75, 3.05) is 26.0 Å². The number of nitrogens with zero attached hydrogens (tertiary/aromatic N) is 1. The van der Waals surface area contributed by atoms with Gasteiger partial charge in [-0.05, 0) is 48.0 Å². The van der Waals surface area contributed by atoms with Crippen molar-refractivity contribution in [1.82, 2.24) is 5.32 Å². The Morgan fingerprint density at radius 1 is 0.963 bits per heavy atom. The zero-order valence-corrected chi connectivity index (χ0v) is 16.0. The fraction of sp³-hybridized carbons (Fsp3) is 0.174. The average Bonchev–Trinajstić information content (AvgIpc) is 2.66. The first-order valence-corrected chi connectivity index (χ1v) is 8.79. The lowest BCUT2D eigenvalue weighted by atomic mass is 10.1. The molecule has 0 amide bonds. The van der Waals surface area contributed by atoms with Crippen LogP contribution in [0.1, 0.15) is 16.7 Å². The summed E-state index contributed by atoms with van der Waals surface area (Å²) in [6, 6.07) is 15.8. The number of carbonyl (C=O) groups is 1. The van der Waals surface area contributed by atoms with Crippen molar-refractivity contribution >= 4 is 23.6 Å². The second-order valence-corrected chi connectivity index (χ2v) is 6.40. The molecule has 4 nitrogen and oxygen atoms in total. The molecule has 0 radical (unpaired) electrons. The molecule has 2 rings (SSSR count). The monoisotopic (exact) mass is 362 g/mol. The quantitative estimate of drug-likeness (QED) is 0.420. The number of nitrogens with one attached hydrogen (secondary N) is 1. The van der Waals surface area contributed by atoms with E-state index in [9.17, 15) is 9.90 Å². The van der Waals surface area contributed by atoms with Crippen LogP contribution in [0.25, 0.3) is 12.2 Å². The van der Waals surface area contributed by atoms with Gasteiger partial charge in [-0.1, -0.05) is 48.6 Å². The standard InChI is InChI=1S/C23H26N2O2/c1-24-17-20-6-4-18(5-7-20)10-14-22(26)16-23(27)15-11-19-8-12-21(13-9-19)25(2)3/h4-16,24,27H,17H2,1-3H3/b14-10+,15-11+,23-16-. The van der Waals surface area contributed by atoms with Crippen LogP contribution in [0.2, 0.25) is 0 Å². The Labute approximate surface area is 161 Å². The Hall–Kier alpha value is -3.11. The highest BCUT2D eigenvalue weighted by atomic mass is 16.3. The Morgan fingerprint density at radius 3 is 2.07 bits per heavy atom. The lowest BCUT2D eigenvalue weighted by Crippen LogP contribution is -2.07. The van der Waals surface area contributed by atoms with Gasteiger partial charge in [-0.3, -0.25) is 4.79 Å². The molecule has 0 aromatic heterocycles. The minimum atomic E-state index is -0.264. The second kappa shape index (κ2) is 10.1. The highest BCUT2D eigenvalue weighted by Gasteiger charge is 1.97. The fourth-order valence-corrected chi connectivity index (χ4v) is 2.44. The maximum atomic E-state index is 12.0. The zero-order chi connectivity index (χ0) is 19.6. The molecule has 4 heteroatoms. The van der Waals surface area contributed by atoms with E-state index in [-0.39, 0.29) is 11.5 Å². The maximum Gasteiger partial charge on any atom is 0.182 e.